The Kier molecular flexibility index (Phi) is 2.80. The van der Waals surface area contributed by atoms with E-state index in [9.17, 15) is 4.57 Å². The first-order valence-corrected chi connectivity index (χ1v) is 6.71. The van der Waals surface area contributed by atoms with Gasteiger partial charge in [0.2, 0.25) is 0 Å². The Morgan fingerprint density at radius 3 is 2.80 bits per heavy atom. The minimum atomic E-state index is -3.21. The van der Waals surface area contributed by atoms with Gasteiger partial charge in [0, 0.05) is 6.54 Å². The first kappa shape index (κ1) is 10.6. The molecule has 5 N–H and O–H groups in total. The molecular formula is C9H15N4OP. The van der Waals surface area contributed by atoms with Crippen molar-refractivity contribution in [3.05, 3.63) is 29.8 Å². The lowest BCUT2D eigenvalue weighted by atomic mass is 10.0. The van der Waals surface area contributed by atoms with Crippen molar-refractivity contribution in [2.75, 3.05) is 11.6 Å². The topological polar surface area (TPSA) is 84.4 Å². The van der Waals surface area contributed by atoms with Gasteiger partial charge in [-0.25, -0.2) is 0 Å². The molecule has 0 saturated heterocycles. The molecule has 0 aromatic heterocycles. The Bertz CT molecular complexity index is 403. The van der Waals surface area contributed by atoms with Crippen LogP contribution in [0.3, 0.4) is 0 Å². The van der Waals surface area contributed by atoms with E-state index in [1.807, 2.05) is 18.2 Å². The molecule has 1 aliphatic heterocycles. The van der Waals surface area contributed by atoms with Crippen LogP contribution in [0, 0.1) is 0 Å². The van der Waals surface area contributed by atoms with E-state index >= 15 is 0 Å². The van der Waals surface area contributed by atoms with Crippen LogP contribution in [-0.2, 0) is 11.0 Å². The molecule has 1 aliphatic rings. The number of nitrogens with two attached hydrogens (primary N) is 2. The number of hydrogen-bond donors (Lipinski definition) is 3. The monoisotopic (exact) mass is 226 g/mol. The van der Waals surface area contributed by atoms with Crippen LogP contribution in [0.25, 0.3) is 0 Å². The Balaban J connectivity index is 2.26. The number of rotatable bonds is 2. The van der Waals surface area contributed by atoms with Crippen LogP contribution in [0.5, 0.6) is 0 Å². The molecule has 0 atom stereocenters. The maximum absolute atomic E-state index is 11.3. The highest BCUT2D eigenvalue weighted by Crippen LogP contribution is 2.29. The fourth-order valence-corrected chi connectivity index (χ4v) is 2.41. The average Bonchev–Trinajstić information content (AvgIpc) is 2.16. The summed E-state index contributed by atoms with van der Waals surface area (Å²) in [5.41, 5.74) is 12.8. The van der Waals surface area contributed by atoms with Crippen LogP contribution in [0.2, 0.25) is 0 Å². The van der Waals surface area contributed by atoms with Crippen molar-refractivity contribution < 1.29 is 4.57 Å². The predicted octanol–water partition coefficient (Wildman–Crippen LogP) is 0.969. The van der Waals surface area contributed by atoms with Crippen LogP contribution in [0.4, 0.5) is 5.69 Å². The molecule has 0 saturated carbocycles. The van der Waals surface area contributed by atoms with Gasteiger partial charge in [0.1, 0.15) is 0 Å². The summed E-state index contributed by atoms with van der Waals surface area (Å²) in [6.45, 7) is 0.773. The number of aryl methyl sites for hydroxylation is 1. The van der Waals surface area contributed by atoms with Gasteiger partial charge in [0.15, 0.2) is 0 Å². The van der Waals surface area contributed by atoms with Crippen molar-refractivity contribution in [2.24, 2.45) is 11.0 Å². The van der Waals surface area contributed by atoms with Crippen molar-refractivity contribution in [3.63, 3.8) is 0 Å². The predicted molar refractivity (Wildman–Crippen MR) is 61.2 cm³/mol. The van der Waals surface area contributed by atoms with E-state index in [1.165, 1.54) is 5.56 Å². The molecule has 15 heavy (non-hydrogen) atoms. The van der Waals surface area contributed by atoms with E-state index < -0.39 is 7.59 Å². The van der Waals surface area contributed by atoms with E-state index in [4.69, 9.17) is 11.0 Å². The lowest BCUT2D eigenvalue weighted by Gasteiger charge is -2.32. The van der Waals surface area contributed by atoms with E-state index in [0.717, 1.165) is 25.1 Å². The molecule has 0 amide bonds. The highest BCUT2D eigenvalue weighted by atomic mass is 31.2. The first-order valence-electron chi connectivity index (χ1n) is 4.87. The van der Waals surface area contributed by atoms with Gasteiger partial charge in [-0.05, 0) is 24.5 Å². The number of benzene rings is 1. The van der Waals surface area contributed by atoms with Crippen molar-refractivity contribution in [1.82, 2.24) is 5.20 Å². The van der Waals surface area contributed by atoms with Crippen molar-refractivity contribution in [1.29, 1.82) is 0 Å². The molecule has 1 heterocycles. The summed E-state index contributed by atoms with van der Waals surface area (Å²) in [7, 11) is -3.21. The van der Waals surface area contributed by atoms with Crippen molar-refractivity contribution >= 4 is 13.3 Å². The molecule has 0 radical (unpaired) electrons. The summed E-state index contributed by atoms with van der Waals surface area (Å²) < 4.78 is 11.3. The Hall–Kier alpha value is -0.870. The number of hydrazine groups is 1. The normalized spacial score (nSPS) is 16.3. The lowest BCUT2D eigenvalue weighted by Crippen LogP contribution is -2.42. The van der Waals surface area contributed by atoms with Gasteiger partial charge < -0.3 is 5.01 Å². The highest BCUT2D eigenvalue weighted by Gasteiger charge is 2.20. The van der Waals surface area contributed by atoms with Gasteiger partial charge in [0.05, 0.1) is 5.69 Å². The maximum Gasteiger partial charge on any atom is 0.291 e. The Morgan fingerprint density at radius 2 is 2.07 bits per heavy atom. The summed E-state index contributed by atoms with van der Waals surface area (Å²) in [5.74, 6) is 0. The minimum absolute atomic E-state index is 0.773. The maximum atomic E-state index is 11.3. The molecule has 0 unspecified atom stereocenters. The number of anilines is 1. The smallest absolute Gasteiger partial charge is 0.291 e. The molecule has 0 fully saturated rings. The summed E-state index contributed by atoms with van der Waals surface area (Å²) >= 11 is 0. The van der Waals surface area contributed by atoms with Gasteiger partial charge in [-0.2, -0.15) is 5.20 Å². The summed E-state index contributed by atoms with van der Waals surface area (Å²) in [6, 6.07) is 7.96. The second kappa shape index (κ2) is 3.94. The second-order valence-corrected chi connectivity index (χ2v) is 5.31. The Morgan fingerprint density at radius 1 is 1.33 bits per heavy atom. The van der Waals surface area contributed by atoms with E-state index in [0.29, 0.717) is 0 Å². The average molecular weight is 226 g/mol. The number of hydrogen-bond acceptors (Lipinski definition) is 2. The molecule has 82 valence electrons. The molecule has 0 spiro atoms. The third kappa shape index (κ3) is 2.58. The number of para-hydroxylation sites is 1. The zero-order valence-corrected chi connectivity index (χ0v) is 9.28. The second-order valence-electron chi connectivity index (χ2n) is 3.69. The molecule has 0 bridgehead atoms. The van der Waals surface area contributed by atoms with E-state index in [1.54, 1.807) is 5.01 Å². The molecule has 2 rings (SSSR count). The van der Waals surface area contributed by atoms with Crippen LogP contribution in [-0.4, -0.2) is 6.54 Å². The van der Waals surface area contributed by atoms with Crippen molar-refractivity contribution in [3.8, 4) is 0 Å². The quantitative estimate of drug-likeness (QED) is 0.654. The molecule has 5 nitrogen and oxygen atoms in total. The fraction of sp³-hybridized carbons (Fsp3) is 0.333. The molecular weight excluding hydrogens is 211 g/mol. The van der Waals surface area contributed by atoms with E-state index in [2.05, 4.69) is 11.3 Å². The summed E-state index contributed by atoms with van der Waals surface area (Å²) in [5, 5.41) is 4.44. The van der Waals surface area contributed by atoms with Crippen LogP contribution in [0.15, 0.2) is 24.3 Å². The number of fused-ring (bicyclic) bond motifs is 1. The zero-order valence-electron chi connectivity index (χ0n) is 8.39. The minimum Gasteiger partial charge on any atom is -0.300 e. The first-order chi connectivity index (χ1) is 7.06. The fourth-order valence-electron chi connectivity index (χ4n) is 1.83. The molecule has 6 heteroatoms. The Labute approximate surface area is 88.9 Å². The lowest BCUT2D eigenvalue weighted by molar-refractivity contribution is 0.557. The third-order valence-corrected chi connectivity index (χ3v) is 2.94. The van der Waals surface area contributed by atoms with Crippen LogP contribution < -0.4 is 21.2 Å². The molecule has 0 aliphatic carbocycles. The SMILES string of the molecule is NP(N)(=O)NN1CCCc2ccccc21. The zero-order chi connectivity index (χ0) is 10.9. The summed E-state index contributed by atoms with van der Waals surface area (Å²) in [6.07, 6.45) is 2.04. The van der Waals surface area contributed by atoms with Gasteiger partial charge in [0.25, 0.3) is 7.59 Å². The third-order valence-electron chi connectivity index (χ3n) is 2.39. The van der Waals surface area contributed by atoms with E-state index in [-0.39, 0.29) is 0 Å². The van der Waals surface area contributed by atoms with Crippen molar-refractivity contribution in [2.45, 2.75) is 12.8 Å². The largest absolute Gasteiger partial charge is 0.300 e. The van der Waals surface area contributed by atoms with Gasteiger partial charge in [-0.1, -0.05) is 18.2 Å². The molecule has 1 aromatic carbocycles. The number of nitrogens with one attached hydrogen (secondary N) is 1. The molecule has 1 aromatic rings. The van der Waals surface area contributed by atoms with Gasteiger partial charge >= 0.3 is 0 Å². The van der Waals surface area contributed by atoms with Crippen LogP contribution in [0.1, 0.15) is 12.0 Å². The summed E-state index contributed by atoms with van der Waals surface area (Å²) in [4.78, 5) is 0. The number of nitrogens with zero attached hydrogens (tertiary/aromatic N) is 1. The van der Waals surface area contributed by atoms with Gasteiger partial charge in [-0.3, -0.25) is 15.6 Å². The standard InChI is InChI=1S/C9H15N4OP/c10-15(11,14)12-13-7-3-5-8-4-1-2-6-9(8)13/h1-2,4,6H,3,5,7H2,(H5,10,11,12,14). The highest BCUT2D eigenvalue weighted by molar-refractivity contribution is 7.56. The van der Waals surface area contributed by atoms with Crippen LogP contribution >= 0.6 is 7.59 Å². The van der Waals surface area contributed by atoms with Gasteiger partial charge in [-0.15, -0.1) is 0 Å².